The number of hydrogen-bond donors (Lipinski definition) is 2. The van der Waals surface area contributed by atoms with E-state index in [1.807, 2.05) is 18.2 Å². The summed E-state index contributed by atoms with van der Waals surface area (Å²) in [6.07, 6.45) is 1.53. The number of benzene rings is 1. The van der Waals surface area contributed by atoms with Gasteiger partial charge in [0.2, 0.25) is 0 Å². The maximum absolute atomic E-state index is 10.4. The molecule has 2 N–H and O–H groups in total. The predicted octanol–water partition coefficient (Wildman–Crippen LogP) is 4.53. The molecule has 0 spiro atoms. The van der Waals surface area contributed by atoms with Gasteiger partial charge in [0, 0.05) is 28.7 Å². The Morgan fingerprint density at radius 3 is 2.12 bits per heavy atom. The van der Waals surface area contributed by atoms with Gasteiger partial charge in [-0.2, -0.15) is 5.06 Å². The Labute approximate surface area is 155 Å². The Morgan fingerprint density at radius 2 is 1.62 bits per heavy atom. The summed E-state index contributed by atoms with van der Waals surface area (Å²) in [5.41, 5.74) is 1.33. The molecule has 1 aromatic heterocycles. The van der Waals surface area contributed by atoms with Crippen LogP contribution in [0.5, 0.6) is 11.8 Å². The Hall–Kier alpha value is -1.98. The number of hydroxylamine groups is 2. The Bertz CT molecular complexity index is 747. The molecular weight excluding hydrogens is 328 g/mol. The van der Waals surface area contributed by atoms with Crippen LogP contribution in [0.25, 0.3) is 0 Å². The van der Waals surface area contributed by atoms with Crippen LogP contribution in [-0.2, 0) is 11.4 Å². The molecular formula is C21H30N2O3. The van der Waals surface area contributed by atoms with Gasteiger partial charge in [-0.15, -0.1) is 0 Å². The summed E-state index contributed by atoms with van der Waals surface area (Å²) < 4.78 is 1.66. The van der Waals surface area contributed by atoms with Gasteiger partial charge in [-0.1, -0.05) is 30.3 Å². The normalized spacial score (nSPS) is 20.3. The first-order valence-corrected chi connectivity index (χ1v) is 9.19. The highest BCUT2D eigenvalue weighted by molar-refractivity contribution is 5.35. The maximum atomic E-state index is 10.4. The van der Waals surface area contributed by atoms with E-state index in [1.54, 1.807) is 17.6 Å². The van der Waals surface area contributed by atoms with Gasteiger partial charge in [-0.3, -0.25) is 9.40 Å². The second kappa shape index (κ2) is 6.63. The first-order chi connectivity index (χ1) is 12.1. The molecule has 0 amide bonds. The highest BCUT2D eigenvalue weighted by Gasteiger charge is 2.47. The van der Waals surface area contributed by atoms with Gasteiger partial charge in [0.1, 0.15) is 0 Å². The number of nitrogens with zero attached hydrogens (tertiary/aromatic N) is 2. The number of piperidine rings is 1. The number of rotatable bonds is 4. The van der Waals surface area contributed by atoms with Gasteiger partial charge < -0.3 is 10.2 Å². The molecule has 0 saturated carbocycles. The lowest BCUT2D eigenvalue weighted by Crippen LogP contribution is -2.60. The third-order valence-electron chi connectivity index (χ3n) is 5.31. The maximum Gasteiger partial charge on any atom is 0.197 e. The summed E-state index contributed by atoms with van der Waals surface area (Å²) in [6, 6.07) is 11.8. The summed E-state index contributed by atoms with van der Waals surface area (Å²) in [5.74, 6) is 0.271. The first-order valence-electron chi connectivity index (χ1n) is 9.19. The van der Waals surface area contributed by atoms with Crippen LogP contribution in [0.3, 0.4) is 0 Å². The molecule has 2 aromatic rings. The van der Waals surface area contributed by atoms with E-state index >= 15 is 0 Å². The molecule has 1 fully saturated rings. The first kappa shape index (κ1) is 18.8. The minimum Gasteiger partial charge on any atom is -0.494 e. The van der Waals surface area contributed by atoms with E-state index in [9.17, 15) is 10.2 Å². The van der Waals surface area contributed by atoms with E-state index < -0.39 is 0 Å². The molecule has 0 aliphatic carbocycles. The number of aryl methyl sites for hydroxylation is 1. The van der Waals surface area contributed by atoms with Crippen molar-refractivity contribution in [3.05, 3.63) is 47.5 Å². The van der Waals surface area contributed by atoms with Crippen LogP contribution in [0.1, 0.15) is 57.7 Å². The zero-order valence-electron chi connectivity index (χ0n) is 16.4. The quantitative estimate of drug-likeness (QED) is 0.843. The summed E-state index contributed by atoms with van der Waals surface area (Å²) in [4.78, 5) is 6.25. The summed E-state index contributed by atoms with van der Waals surface area (Å²) >= 11 is 0. The predicted molar refractivity (Wildman–Crippen MR) is 102 cm³/mol. The Morgan fingerprint density at radius 1 is 1.04 bits per heavy atom. The van der Waals surface area contributed by atoms with Crippen molar-refractivity contribution in [3.8, 4) is 11.8 Å². The van der Waals surface area contributed by atoms with Crippen molar-refractivity contribution >= 4 is 0 Å². The van der Waals surface area contributed by atoms with E-state index in [4.69, 9.17) is 4.84 Å². The molecule has 1 saturated heterocycles. The monoisotopic (exact) mass is 358 g/mol. The second-order valence-electron chi connectivity index (χ2n) is 8.62. The van der Waals surface area contributed by atoms with Gasteiger partial charge in [0.25, 0.3) is 0 Å². The molecule has 1 aliphatic rings. The van der Waals surface area contributed by atoms with Gasteiger partial charge in [-0.25, -0.2) is 0 Å². The fourth-order valence-electron chi connectivity index (χ4n) is 4.44. The highest BCUT2D eigenvalue weighted by Crippen LogP contribution is 2.47. The molecule has 142 valence electrons. The van der Waals surface area contributed by atoms with Gasteiger partial charge in [0.05, 0.1) is 6.61 Å². The van der Waals surface area contributed by atoms with Crippen LogP contribution < -0.4 is 0 Å². The molecule has 1 aromatic carbocycles. The van der Waals surface area contributed by atoms with Crippen molar-refractivity contribution in [1.82, 2.24) is 9.63 Å². The average Bonchev–Trinajstić information content (AvgIpc) is 2.78. The van der Waals surface area contributed by atoms with Crippen molar-refractivity contribution in [2.75, 3.05) is 0 Å². The van der Waals surface area contributed by atoms with Crippen LogP contribution in [0.4, 0.5) is 0 Å². The van der Waals surface area contributed by atoms with Crippen LogP contribution >= 0.6 is 0 Å². The van der Waals surface area contributed by atoms with E-state index in [-0.39, 0.29) is 28.9 Å². The van der Waals surface area contributed by atoms with E-state index in [1.165, 1.54) is 0 Å². The molecule has 5 nitrogen and oxygen atoms in total. The number of aromatic nitrogens is 1. The lowest BCUT2D eigenvalue weighted by molar-refractivity contribution is -0.293. The highest BCUT2D eigenvalue weighted by atomic mass is 16.7. The minimum absolute atomic E-state index is 0.00488. The SMILES string of the molecule is Cc1cc(O)n(C2CC(C)(C)N(OCc3ccccc3)C(C)(C)C2)c1O. The molecule has 0 atom stereocenters. The number of aromatic hydroxyl groups is 2. The van der Waals surface area contributed by atoms with Crippen molar-refractivity contribution in [2.45, 2.75) is 71.2 Å². The van der Waals surface area contributed by atoms with E-state index in [2.05, 4.69) is 44.9 Å². The summed E-state index contributed by atoms with van der Waals surface area (Å²) in [5, 5.41) is 22.8. The smallest absolute Gasteiger partial charge is 0.197 e. The molecule has 2 heterocycles. The zero-order valence-corrected chi connectivity index (χ0v) is 16.4. The van der Waals surface area contributed by atoms with Crippen LogP contribution in [0.15, 0.2) is 36.4 Å². The molecule has 1 aliphatic heterocycles. The summed E-state index contributed by atoms with van der Waals surface area (Å²) in [6.45, 7) is 10.9. The molecule has 26 heavy (non-hydrogen) atoms. The zero-order chi connectivity index (χ0) is 19.1. The summed E-state index contributed by atoms with van der Waals surface area (Å²) in [7, 11) is 0. The van der Waals surface area contributed by atoms with Gasteiger partial charge in [0.15, 0.2) is 11.8 Å². The van der Waals surface area contributed by atoms with E-state index in [0.29, 0.717) is 12.2 Å². The molecule has 5 heteroatoms. The van der Waals surface area contributed by atoms with Crippen LogP contribution in [0, 0.1) is 6.92 Å². The average molecular weight is 358 g/mol. The lowest BCUT2D eigenvalue weighted by atomic mass is 9.79. The van der Waals surface area contributed by atoms with Gasteiger partial charge >= 0.3 is 0 Å². The second-order valence-corrected chi connectivity index (χ2v) is 8.62. The Balaban J connectivity index is 1.82. The largest absolute Gasteiger partial charge is 0.494 e. The van der Waals surface area contributed by atoms with Crippen LogP contribution in [-0.4, -0.2) is 30.9 Å². The minimum atomic E-state index is -0.252. The van der Waals surface area contributed by atoms with E-state index in [0.717, 1.165) is 18.4 Å². The Kier molecular flexibility index (Phi) is 4.80. The lowest BCUT2D eigenvalue weighted by Gasteiger charge is -2.54. The van der Waals surface area contributed by atoms with Crippen molar-refractivity contribution in [3.63, 3.8) is 0 Å². The molecule has 0 unspecified atom stereocenters. The van der Waals surface area contributed by atoms with Gasteiger partial charge in [-0.05, 0) is 53.0 Å². The fourth-order valence-corrected chi connectivity index (χ4v) is 4.44. The third kappa shape index (κ3) is 3.46. The number of hydrogen-bond acceptors (Lipinski definition) is 4. The van der Waals surface area contributed by atoms with Crippen molar-refractivity contribution in [2.24, 2.45) is 0 Å². The topological polar surface area (TPSA) is 57.9 Å². The molecule has 0 bridgehead atoms. The van der Waals surface area contributed by atoms with Crippen molar-refractivity contribution in [1.29, 1.82) is 0 Å². The standard InChI is InChI=1S/C21H30N2O3/c1-15-11-18(24)22(19(15)25)17-12-20(2,3)23(21(4,5)13-17)26-14-16-9-7-6-8-10-16/h6-11,17,24-25H,12-14H2,1-5H3. The van der Waals surface area contributed by atoms with Crippen LogP contribution in [0.2, 0.25) is 0 Å². The third-order valence-corrected chi connectivity index (χ3v) is 5.31. The van der Waals surface area contributed by atoms with Crippen molar-refractivity contribution < 1.29 is 15.1 Å². The molecule has 0 radical (unpaired) electrons. The fraction of sp³-hybridized carbons (Fsp3) is 0.524. The molecule has 3 rings (SSSR count).